The second-order valence-corrected chi connectivity index (χ2v) is 3.64. The van der Waals surface area contributed by atoms with Crippen molar-refractivity contribution in [2.24, 2.45) is 0 Å². The number of ether oxygens (including phenoxy) is 2. The lowest BCUT2D eigenvalue weighted by Crippen LogP contribution is -2.34. The summed E-state index contributed by atoms with van der Waals surface area (Å²) in [6.07, 6.45) is 9.42. The average Bonchev–Trinajstić information content (AvgIpc) is 2.19. The molecule has 1 aliphatic heterocycles. The van der Waals surface area contributed by atoms with Crippen LogP contribution >= 0.6 is 0 Å². The van der Waals surface area contributed by atoms with Crippen molar-refractivity contribution in [2.75, 3.05) is 6.61 Å². The van der Waals surface area contributed by atoms with Crippen LogP contribution < -0.4 is 0 Å². The Morgan fingerprint density at radius 3 is 2.85 bits per heavy atom. The molecule has 0 aliphatic carbocycles. The Morgan fingerprint density at radius 2 is 2.38 bits per heavy atom. The van der Waals surface area contributed by atoms with Gasteiger partial charge in [0.25, 0.3) is 0 Å². The van der Waals surface area contributed by atoms with Crippen LogP contribution in [0.5, 0.6) is 0 Å². The van der Waals surface area contributed by atoms with E-state index in [9.17, 15) is 0 Å². The van der Waals surface area contributed by atoms with Gasteiger partial charge in [-0.1, -0.05) is 12.8 Å². The third-order valence-corrected chi connectivity index (χ3v) is 2.51. The second kappa shape index (κ2) is 4.64. The molecule has 1 heterocycles. The zero-order chi connectivity index (χ0) is 9.73. The molecule has 0 spiro atoms. The molecular weight excluding hydrogens is 164 g/mol. The maximum absolute atomic E-state index is 5.72. The summed E-state index contributed by atoms with van der Waals surface area (Å²) in [6, 6.07) is 0. The lowest BCUT2D eigenvalue weighted by Gasteiger charge is -2.31. The van der Waals surface area contributed by atoms with Crippen LogP contribution in [0.3, 0.4) is 0 Å². The van der Waals surface area contributed by atoms with E-state index >= 15 is 0 Å². The number of hydrogen-bond donors (Lipinski definition) is 0. The van der Waals surface area contributed by atoms with Crippen LogP contribution in [0.15, 0.2) is 0 Å². The summed E-state index contributed by atoms with van der Waals surface area (Å²) >= 11 is 0. The molecular formula is C11H18O2. The van der Waals surface area contributed by atoms with Gasteiger partial charge in [-0.25, -0.2) is 0 Å². The molecule has 0 bridgehead atoms. The molecule has 1 saturated heterocycles. The van der Waals surface area contributed by atoms with E-state index in [4.69, 9.17) is 15.9 Å². The molecule has 0 saturated carbocycles. The molecule has 2 nitrogen and oxygen atoms in total. The van der Waals surface area contributed by atoms with E-state index in [1.807, 2.05) is 13.8 Å². The normalized spacial score (nSPS) is 27.6. The van der Waals surface area contributed by atoms with Crippen molar-refractivity contribution in [1.29, 1.82) is 0 Å². The number of terminal acetylenes is 1. The zero-order valence-corrected chi connectivity index (χ0v) is 8.51. The highest BCUT2D eigenvalue weighted by molar-refractivity contribution is 5.05. The van der Waals surface area contributed by atoms with Gasteiger partial charge in [0.15, 0.2) is 6.29 Å². The molecule has 0 aromatic rings. The standard InChI is InChI=1S/C11H18O2/c1-4-11(3,5-2)13-10-8-6-7-9-12-10/h1,10H,5-9H2,2-3H3. The first kappa shape index (κ1) is 10.6. The third-order valence-electron chi connectivity index (χ3n) is 2.51. The Bertz CT molecular complexity index is 189. The molecule has 1 rings (SSSR count). The summed E-state index contributed by atoms with van der Waals surface area (Å²) in [5.74, 6) is 2.67. The van der Waals surface area contributed by atoms with Crippen LogP contribution in [0, 0.1) is 12.3 Å². The number of hydrogen-bond acceptors (Lipinski definition) is 2. The molecule has 0 N–H and O–H groups in total. The Balaban J connectivity index is 2.41. The van der Waals surface area contributed by atoms with Gasteiger partial charge in [0.2, 0.25) is 0 Å². The van der Waals surface area contributed by atoms with Gasteiger partial charge in [-0.2, -0.15) is 0 Å². The van der Waals surface area contributed by atoms with Gasteiger partial charge in [0.1, 0.15) is 5.60 Å². The summed E-state index contributed by atoms with van der Waals surface area (Å²) < 4.78 is 11.2. The van der Waals surface area contributed by atoms with Gasteiger partial charge in [-0.05, 0) is 32.6 Å². The number of rotatable bonds is 3. The lowest BCUT2D eigenvalue weighted by atomic mass is 10.0. The summed E-state index contributed by atoms with van der Waals surface area (Å²) in [4.78, 5) is 0. The molecule has 74 valence electrons. The summed E-state index contributed by atoms with van der Waals surface area (Å²) in [6.45, 7) is 4.77. The highest BCUT2D eigenvalue weighted by Crippen LogP contribution is 2.22. The largest absolute Gasteiger partial charge is 0.353 e. The van der Waals surface area contributed by atoms with E-state index in [0.717, 1.165) is 25.9 Å². The topological polar surface area (TPSA) is 18.5 Å². The van der Waals surface area contributed by atoms with Crippen molar-refractivity contribution in [2.45, 2.75) is 51.4 Å². The minimum atomic E-state index is -0.456. The molecule has 0 aromatic carbocycles. The highest BCUT2D eigenvalue weighted by atomic mass is 16.7. The second-order valence-electron chi connectivity index (χ2n) is 3.64. The monoisotopic (exact) mass is 182 g/mol. The SMILES string of the molecule is C#CC(C)(CC)OC1CCCCO1. The maximum Gasteiger partial charge on any atom is 0.159 e. The van der Waals surface area contributed by atoms with Crippen molar-refractivity contribution in [3.8, 4) is 12.3 Å². The first-order valence-electron chi connectivity index (χ1n) is 4.97. The van der Waals surface area contributed by atoms with Crippen LogP contribution in [0.2, 0.25) is 0 Å². The molecule has 0 amide bonds. The van der Waals surface area contributed by atoms with Crippen molar-refractivity contribution in [3.63, 3.8) is 0 Å². The third kappa shape index (κ3) is 3.02. The zero-order valence-electron chi connectivity index (χ0n) is 8.51. The van der Waals surface area contributed by atoms with Crippen molar-refractivity contribution in [1.82, 2.24) is 0 Å². The fourth-order valence-corrected chi connectivity index (χ4v) is 1.31. The van der Waals surface area contributed by atoms with Crippen LogP contribution in [0.25, 0.3) is 0 Å². The summed E-state index contributed by atoms with van der Waals surface area (Å²) in [7, 11) is 0. The van der Waals surface area contributed by atoms with E-state index in [2.05, 4.69) is 5.92 Å². The van der Waals surface area contributed by atoms with E-state index in [1.54, 1.807) is 0 Å². The lowest BCUT2D eigenvalue weighted by molar-refractivity contribution is -0.204. The average molecular weight is 182 g/mol. The summed E-state index contributed by atoms with van der Waals surface area (Å²) in [5, 5.41) is 0. The van der Waals surface area contributed by atoms with E-state index in [1.165, 1.54) is 6.42 Å². The van der Waals surface area contributed by atoms with Gasteiger partial charge >= 0.3 is 0 Å². The van der Waals surface area contributed by atoms with Crippen LogP contribution in [0.1, 0.15) is 39.5 Å². The van der Waals surface area contributed by atoms with Crippen molar-refractivity contribution < 1.29 is 9.47 Å². The van der Waals surface area contributed by atoms with Crippen LogP contribution in [-0.4, -0.2) is 18.5 Å². The van der Waals surface area contributed by atoms with E-state index in [-0.39, 0.29) is 6.29 Å². The first-order valence-corrected chi connectivity index (χ1v) is 4.97. The molecule has 2 unspecified atom stereocenters. The molecule has 2 atom stereocenters. The van der Waals surface area contributed by atoms with E-state index < -0.39 is 5.60 Å². The van der Waals surface area contributed by atoms with Crippen molar-refractivity contribution >= 4 is 0 Å². The van der Waals surface area contributed by atoms with E-state index in [0.29, 0.717) is 0 Å². The molecule has 1 aliphatic rings. The Morgan fingerprint density at radius 1 is 1.62 bits per heavy atom. The molecule has 1 fully saturated rings. The molecule has 13 heavy (non-hydrogen) atoms. The van der Waals surface area contributed by atoms with Gasteiger partial charge in [-0.3, -0.25) is 0 Å². The van der Waals surface area contributed by atoms with Gasteiger partial charge < -0.3 is 9.47 Å². The molecule has 0 radical (unpaired) electrons. The fraction of sp³-hybridized carbons (Fsp3) is 0.818. The highest BCUT2D eigenvalue weighted by Gasteiger charge is 2.26. The molecule has 0 aromatic heterocycles. The van der Waals surface area contributed by atoms with Gasteiger partial charge in [0.05, 0.1) is 0 Å². The maximum atomic E-state index is 5.72. The van der Waals surface area contributed by atoms with Crippen molar-refractivity contribution in [3.05, 3.63) is 0 Å². The van der Waals surface area contributed by atoms with Crippen LogP contribution in [0.4, 0.5) is 0 Å². The minimum absolute atomic E-state index is 0.0882. The Labute approximate surface area is 80.6 Å². The molecule has 2 heteroatoms. The predicted molar refractivity (Wildman–Crippen MR) is 52.2 cm³/mol. The summed E-state index contributed by atoms with van der Waals surface area (Å²) in [5.41, 5.74) is -0.456. The van der Waals surface area contributed by atoms with Gasteiger partial charge in [0, 0.05) is 6.61 Å². The van der Waals surface area contributed by atoms with Gasteiger partial charge in [-0.15, -0.1) is 6.42 Å². The first-order chi connectivity index (χ1) is 6.20. The smallest absolute Gasteiger partial charge is 0.159 e. The van der Waals surface area contributed by atoms with Crippen LogP contribution in [-0.2, 0) is 9.47 Å². The minimum Gasteiger partial charge on any atom is -0.353 e. The Hall–Kier alpha value is -0.520. The quantitative estimate of drug-likeness (QED) is 0.624. The predicted octanol–water partition coefficient (Wildman–Crippen LogP) is 2.33. The fourth-order valence-electron chi connectivity index (χ4n) is 1.31. The Kier molecular flexibility index (Phi) is 3.77.